The van der Waals surface area contributed by atoms with E-state index in [4.69, 9.17) is 4.52 Å². The van der Waals surface area contributed by atoms with E-state index in [1.165, 1.54) is 15.8 Å². The average Bonchev–Trinajstić information content (AvgIpc) is 3.16. The quantitative estimate of drug-likeness (QED) is 0.744. The molecule has 4 rings (SSSR count). The number of hydrogen-bond acceptors (Lipinski definition) is 6. The molecule has 0 amide bonds. The van der Waals surface area contributed by atoms with Crippen molar-refractivity contribution in [3.63, 3.8) is 0 Å². The molecule has 0 spiro atoms. The van der Waals surface area contributed by atoms with Gasteiger partial charge in [0.1, 0.15) is 0 Å². The van der Waals surface area contributed by atoms with Crippen LogP contribution in [0.3, 0.4) is 0 Å². The summed E-state index contributed by atoms with van der Waals surface area (Å²) < 4.78 is 6.57. The van der Waals surface area contributed by atoms with E-state index < -0.39 is 0 Å². The molecular formula is C16H18N4OS. The Hall–Kier alpha value is -1.92. The van der Waals surface area contributed by atoms with Gasteiger partial charge in [0.25, 0.3) is 0 Å². The van der Waals surface area contributed by atoms with Crippen LogP contribution in [0.5, 0.6) is 0 Å². The van der Waals surface area contributed by atoms with Crippen molar-refractivity contribution in [1.82, 2.24) is 15.0 Å². The fourth-order valence-corrected chi connectivity index (χ4v) is 3.80. The first kappa shape index (κ1) is 13.7. The van der Waals surface area contributed by atoms with Crippen LogP contribution in [0.1, 0.15) is 11.7 Å². The molecule has 0 atom stereocenters. The number of aromatic nitrogens is 2. The summed E-state index contributed by atoms with van der Waals surface area (Å²) in [5, 5.41) is 7.39. The van der Waals surface area contributed by atoms with Crippen molar-refractivity contribution in [2.24, 2.45) is 0 Å². The maximum absolute atomic E-state index is 5.21. The van der Waals surface area contributed by atoms with Gasteiger partial charge in [-0.1, -0.05) is 11.2 Å². The van der Waals surface area contributed by atoms with E-state index in [1.54, 1.807) is 11.3 Å². The van der Waals surface area contributed by atoms with Crippen molar-refractivity contribution >= 4 is 27.1 Å². The number of fused-ring (bicyclic) bond motifs is 1. The second kappa shape index (κ2) is 5.70. The first-order valence-electron chi connectivity index (χ1n) is 7.52. The fraction of sp³-hybridized carbons (Fsp3) is 0.375. The van der Waals surface area contributed by atoms with Crippen molar-refractivity contribution in [2.75, 3.05) is 31.1 Å². The molecule has 114 valence electrons. The predicted octanol–water partition coefficient (Wildman–Crippen LogP) is 2.91. The SMILES string of the molecule is Cc1noc(CN2CCN(c3cccc4sccc34)CC2)n1. The second-order valence-electron chi connectivity index (χ2n) is 5.61. The van der Waals surface area contributed by atoms with Gasteiger partial charge >= 0.3 is 0 Å². The van der Waals surface area contributed by atoms with Crippen LogP contribution in [-0.4, -0.2) is 41.2 Å². The number of aryl methyl sites for hydroxylation is 1. The number of nitrogens with zero attached hydrogens (tertiary/aromatic N) is 4. The monoisotopic (exact) mass is 314 g/mol. The normalized spacial score (nSPS) is 16.5. The number of hydrogen-bond donors (Lipinski definition) is 0. The molecule has 3 aromatic rings. The molecule has 0 unspecified atom stereocenters. The minimum atomic E-state index is 0.706. The number of benzene rings is 1. The van der Waals surface area contributed by atoms with Crippen LogP contribution in [-0.2, 0) is 6.54 Å². The second-order valence-corrected chi connectivity index (χ2v) is 6.56. The maximum atomic E-state index is 5.21. The van der Waals surface area contributed by atoms with Gasteiger partial charge in [-0.05, 0) is 30.5 Å². The van der Waals surface area contributed by atoms with Crippen LogP contribution in [0.15, 0.2) is 34.2 Å². The highest BCUT2D eigenvalue weighted by molar-refractivity contribution is 7.17. The lowest BCUT2D eigenvalue weighted by molar-refractivity contribution is 0.215. The van der Waals surface area contributed by atoms with Crippen LogP contribution < -0.4 is 4.90 Å². The first-order valence-corrected chi connectivity index (χ1v) is 8.40. The highest BCUT2D eigenvalue weighted by Gasteiger charge is 2.20. The summed E-state index contributed by atoms with van der Waals surface area (Å²) in [6.07, 6.45) is 0. The summed E-state index contributed by atoms with van der Waals surface area (Å²) in [6, 6.07) is 8.80. The summed E-state index contributed by atoms with van der Waals surface area (Å²) in [6.45, 7) is 6.69. The van der Waals surface area contributed by atoms with Crippen molar-refractivity contribution in [2.45, 2.75) is 13.5 Å². The van der Waals surface area contributed by atoms with E-state index in [0.29, 0.717) is 11.7 Å². The Morgan fingerprint density at radius 3 is 2.82 bits per heavy atom. The molecule has 0 saturated carbocycles. The van der Waals surface area contributed by atoms with Gasteiger partial charge in [0.05, 0.1) is 6.54 Å². The molecule has 2 aromatic heterocycles. The van der Waals surface area contributed by atoms with E-state index in [-0.39, 0.29) is 0 Å². The van der Waals surface area contributed by atoms with Crippen molar-refractivity contribution < 1.29 is 4.52 Å². The Bertz CT molecular complexity index is 773. The molecule has 3 heterocycles. The van der Waals surface area contributed by atoms with Gasteiger partial charge in [0, 0.05) is 42.0 Å². The zero-order valence-electron chi connectivity index (χ0n) is 12.5. The maximum Gasteiger partial charge on any atom is 0.240 e. The molecule has 1 aliphatic heterocycles. The van der Waals surface area contributed by atoms with Crippen molar-refractivity contribution in [3.8, 4) is 0 Å². The molecule has 0 aliphatic carbocycles. The van der Waals surface area contributed by atoms with Crippen LogP contribution >= 0.6 is 11.3 Å². The van der Waals surface area contributed by atoms with Gasteiger partial charge in [0.2, 0.25) is 5.89 Å². The summed E-state index contributed by atoms with van der Waals surface area (Å²) in [5.41, 5.74) is 1.35. The zero-order valence-corrected chi connectivity index (χ0v) is 13.3. The lowest BCUT2D eigenvalue weighted by atomic mass is 10.2. The van der Waals surface area contributed by atoms with Crippen LogP contribution in [0.25, 0.3) is 10.1 Å². The molecule has 0 bridgehead atoms. The van der Waals surface area contributed by atoms with Gasteiger partial charge in [-0.25, -0.2) is 0 Å². The van der Waals surface area contributed by atoms with Crippen molar-refractivity contribution in [3.05, 3.63) is 41.4 Å². The number of anilines is 1. The third-order valence-electron chi connectivity index (χ3n) is 4.11. The Morgan fingerprint density at radius 1 is 1.18 bits per heavy atom. The molecule has 6 heteroatoms. The van der Waals surface area contributed by atoms with Gasteiger partial charge in [-0.3, -0.25) is 4.90 Å². The molecule has 1 aliphatic rings. The van der Waals surface area contributed by atoms with E-state index in [2.05, 4.69) is 49.6 Å². The van der Waals surface area contributed by atoms with E-state index >= 15 is 0 Å². The highest BCUT2D eigenvalue weighted by atomic mass is 32.1. The number of thiophene rings is 1. The van der Waals surface area contributed by atoms with Crippen molar-refractivity contribution in [1.29, 1.82) is 0 Å². The summed E-state index contributed by atoms with van der Waals surface area (Å²) >= 11 is 1.81. The summed E-state index contributed by atoms with van der Waals surface area (Å²) in [5.74, 6) is 1.42. The van der Waals surface area contributed by atoms with Gasteiger partial charge in [0.15, 0.2) is 5.82 Å². The molecule has 0 radical (unpaired) electrons. The van der Waals surface area contributed by atoms with Gasteiger partial charge in [-0.15, -0.1) is 11.3 Å². The third-order valence-corrected chi connectivity index (χ3v) is 5.00. The van der Waals surface area contributed by atoms with Gasteiger partial charge < -0.3 is 9.42 Å². The predicted molar refractivity (Wildman–Crippen MR) is 88.4 cm³/mol. The Morgan fingerprint density at radius 2 is 2.05 bits per heavy atom. The summed E-state index contributed by atoms with van der Waals surface area (Å²) in [7, 11) is 0. The largest absolute Gasteiger partial charge is 0.368 e. The van der Waals surface area contributed by atoms with Gasteiger partial charge in [-0.2, -0.15) is 4.98 Å². The number of piperazine rings is 1. The smallest absolute Gasteiger partial charge is 0.240 e. The fourth-order valence-electron chi connectivity index (χ4n) is 3.00. The molecular weight excluding hydrogens is 296 g/mol. The first-order chi connectivity index (χ1) is 10.8. The Labute approximate surface area is 133 Å². The van der Waals surface area contributed by atoms with Crippen LogP contribution in [0.4, 0.5) is 5.69 Å². The highest BCUT2D eigenvalue weighted by Crippen LogP contribution is 2.31. The minimum absolute atomic E-state index is 0.706. The third kappa shape index (κ3) is 2.60. The van der Waals surface area contributed by atoms with Crippen LogP contribution in [0, 0.1) is 6.92 Å². The zero-order chi connectivity index (χ0) is 14.9. The molecule has 5 nitrogen and oxygen atoms in total. The standard InChI is InChI=1S/C16H18N4OS/c1-12-17-16(21-18-12)11-19-6-8-20(9-7-19)14-3-2-4-15-13(14)5-10-22-15/h2-5,10H,6-9,11H2,1H3. The Balaban J connectivity index is 1.44. The van der Waals surface area contributed by atoms with E-state index in [0.717, 1.165) is 32.7 Å². The topological polar surface area (TPSA) is 45.4 Å². The summed E-state index contributed by atoms with van der Waals surface area (Å²) in [4.78, 5) is 9.13. The Kier molecular flexibility index (Phi) is 3.56. The minimum Gasteiger partial charge on any atom is -0.368 e. The molecule has 22 heavy (non-hydrogen) atoms. The molecule has 1 fully saturated rings. The molecule has 1 aromatic carbocycles. The van der Waals surface area contributed by atoms with Crippen LogP contribution in [0.2, 0.25) is 0 Å². The lowest BCUT2D eigenvalue weighted by Crippen LogP contribution is -2.46. The number of rotatable bonds is 3. The van der Waals surface area contributed by atoms with E-state index in [1.807, 2.05) is 6.92 Å². The molecule has 0 N–H and O–H groups in total. The molecule has 1 saturated heterocycles. The average molecular weight is 314 g/mol. The lowest BCUT2D eigenvalue weighted by Gasteiger charge is -2.35. The van der Waals surface area contributed by atoms with E-state index in [9.17, 15) is 0 Å².